The lowest BCUT2D eigenvalue weighted by molar-refractivity contribution is 0.359. The summed E-state index contributed by atoms with van der Waals surface area (Å²) in [5, 5.41) is 0. The minimum absolute atomic E-state index is 0.114. The van der Waals surface area contributed by atoms with Crippen molar-refractivity contribution in [2.75, 3.05) is 0 Å². The lowest BCUT2D eigenvalue weighted by Gasteiger charge is -2.23. The molecule has 1 atom stereocenters. The van der Waals surface area contributed by atoms with E-state index in [2.05, 4.69) is 29.8 Å². The smallest absolute Gasteiger partial charge is 0.123 e. The van der Waals surface area contributed by atoms with Crippen molar-refractivity contribution in [2.24, 2.45) is 11.7 Å². The van der Waals surface area contributed by atoms with Crippen LogP contribution < -0.4 is 5.73 Å². The molecule has 0 radical (unpaired) electrons. The minimum Gasteiger partial charge on any atom is -0.327 e. The zero-order valence-electron chi connectivity index (χ0n) is 11.3. The van der Waals surface area contributed by atoms with Crippen LogP contribution in [-0.4, -0.2) is 6.04 Å². The first-order valence-corrected chi connectivity index (χ1v) is 7.57. The average molecular weight is 316 g/mol. The molecule has 102 valence electrons. The molecule has 1 aromatic rings. The Labute approximate surface area is 118 Å². The van der Waals surface area contributed by atoms with Crippen LogP contribution in [0.5, 0.6) is 0 Å². The molecular formula is C15H23BrFN. The second-order valence-electron chi connectivity index (χ2n) is 4.94. The van der Waals surface area contributed by atoms with Gasteiger partial charge in [0.05, 0.1) is 0 Å². The van der Waals surface area contributed by atoms with E-state index >= 15 is 0 Å². The second kappa shape index (κ2) is 7.90. The van der Waals surface area contributed by atoms with E-state index in [4.69, 9.17) is 5.73 Å². The van der Waals surface area contributed by atoms with E-state index in [0.29, 0.717) is 5.92 Å². The molecule has 0 fully saturated rings. The van der Waals surface area contributed by atoms with Gasteiger partial charge in [0.2, 0.25) is 0 Å². The molecular weight excluding hydrogens is 293 g/mol. The molecule has 0 saturated heterocycles. The summed E-state index contributed by atoms with van der Waals surface area (Å²) in [5.74, 6) is 0.345. The highest BCUT2D eigenvalue weighted by atomic mass is 79.9. The van der Waals surface area contributed by atoms with E-state index in [0.717, 1.165) is 42.1 Å². The highest BCUT2D eigenvalue weighted by molar-refractivity contribution is 9.10. The molecule has 2 N–H and O–H groups in total. The third-order valence-electron chi connectivity index (χ3n) is 3.39. The van der Waals surface area contributed by atoms with Crippen molar-refractivity contribution in [3.05, 3.63) is 34.1 Å². The molecule has 18 heavy (non-hydrogen) atoms. The van der Waals surface area contributed by atoms with E-state index in [1.165, 1.54) is 6.07 Å². The molecule has 0 spiro atoms. The Morgan fingerprint density at radius 2 is 1.83 bits per heavy atom. The van der Waals surface area contributed by atoms with Gasteiger partial charge in [-0.05, 0) is 48.9 Å². The maximum Gasteiger partial charge on any atom is 0.123 e. The van der Waals surface area contributed by atoms with Crippen molar-refractivity contribution in [3.8, 4) is 0 Å². The van der Waals surface area contributed by atoms with E-state index < -0.39 is 0 Å². The van der Waals surface area contributed by atoms with Crippen LogP contribution in [0.2, 0.25) is 0 Å². The summed E-state index contributed by atoms with van der Waals surface area (Å²) in [6, 6.07) is 4.92. The Balaban J connectivity index is 2.71. The summed E-state index contributed by atoms with van der Waals surface area (Å²) in [4.78, 5) is 0. The zero-order valence-corrected chi connectivity index (χ0v) is 12.8. The molecule has 0 heterocycles. The number of halogens is 2. The van der Waals surface area contributed by atoms with Gasteiger partial charge in [0.15, 0.2) is 0 Å². The van der Waals surface area contributed by atoms with E-state index in [1.54, 1.807) is 12.1 Å². The lowest BCUT2D eigenvalue weighted by atomic mass is 9.87. The van der Waals surface area contributed by atoms with E-state index in [1.807, 2.05) is 0 Å². The predicted octanol–water partition coefficient (Wildman–Crippen LogP) is 4.67. The molecule has 0 aliphatic carbocycles. The average Bonchev–Trinajstić information content (AvgIpc) is 2.33. The molecule has 1 aromatic carbocycles. The molecule has 1 nitrogen and oxygen atoms in total. The minimum atomic E-state index is -0.192. The summed E-state index contributed by atoms with van der Waals surface area (Å²) >= 11 is 3.46. The zero-order chi connectivity index (χ0) is 13.5. The summed E-state index contributed by atoms with van der Waals surface area (Å²) < 4.78 is 14.2. The number of nitrogens with two attached hydrogens (primary N) is 1. The van der Waals surface area contributed by atoms with Gasteiger partial charge in [-0.25, -0.2) is 4.39 Å². The number of rotatable bonds is 7. The molecule has 0 aliphatic heterocycles. The van der Waals surface area contributed by atoms with Crippen molar-refractivity contribution in [3.63, 3.8) is 0 Å². The Hall–Kier alpha value is -0.410. The molecule has 0 bridgehead atoms. The number of hydrogen-bond acceptors (Lipinski definition) is 1. The molecule has 0 saturated carbocycles. The summed E-state index contributed by atoms with van der Waals surface area (Å²) in [5.41, 5.74) is 7.27. The first-order chi connectivity index (χ1) is 8.58. The number of hydrogen-bond donors (Lipinski definition) is 1. The Bertz CT molecular complexity index is 362. The third-order valence-corrected chi connectivity index (χ3v) is 4.16. The van der Waals surface area contributed by atoms with Crippen LogP contribution in [0.1, 0.15) is 45.1 Å². The highest BCUT2D eigenvalue weighted by Gasteiger charge is 2.17. The Morgan fingerprint density at radius 3 is 2.39 bits per heavy atom. The van der Waals surface area contributed by atoms with Gasteiger partial charge in [-0.1, -0.05) is 42.6 Å². The van der Waals surface area contributed by atoms with Crippen LogP contribution >= 0.6 is 15.9 Å². The molecule has 1 rings (SSSR count). The largest absolute Gasteiger partial charge is 0.327 e. The van der Waals surface area contributed by atoms with Crippen molar-refractivity contribution >= 4 is 15.9 Å². The fourth-order valence-electron chi connectivity index (χ4n) is 2.43. The van der Waals surface area contributed by atoms with Crippen molar-refractivity contribution in [1.82, 2.24) is 0 Å². The fourth-order valence-corrected chi connectivity index (χ4v) is 2.84. The van der Waals surface area contributed by atoms with Gasteiger partial charge in [0.1, 0.15) is 5.82 Å². The quantitative estimate of drug-likeness (QED) is 0.777. The SMILES string of the molecule is CCCC(CCC)C(N)Cc1cc(F)ccc1Br. The Kier molecular flexibility index (Phi) is 6.87. The van der Waals surface area contributed by atoms with Gasteiger partial charge in [0, 0.05) is 10.5 Å². The van der Waals surface area contributed by atoms with Gasteiger partial charge in [-0.3, -0.25) is 0 Å². The van der Waals surface area contributed by atoms with E-state index in [-0.39, 0.29) is 11.9 Å². The van der Waals surface area contributed by atoms with Crippen LogP contribution in [0.3, 0.4) is 0 Å². The van der Waals surface area contributed by atoms with Crippen LogP contribution in [0.25, 0.3) is 0 Å². The topological polar surface area (TPSA) is 26.0 Å². The lowest BCUT2D eigenvalue weighted by Crippen LogP contribution is -2.32. The molecule has 3 heteroatoms. The van der Waals surface area contributed by atoms with Crippen LogP contribution in [0.15, 0.2) is 22.7 Å². The molecule has 1 unspecified atom stereocenters. The second-order valence-corrected chi connectivity index (χ2v) is 5.80. The summed E-state index contributed by atoms with van der Waals surface area (Å²) in [7, 11) is 0. The van der Waals surface area contributed by atoms with Crippen LogP contribution in [-0.2, 0) is 6.42 Å². The van der Waals surface area contributed by atoms with Crippen molar-refractivity contribution in [1.29, 1.82) is 0 Å². The van der Waals surface area contributed by atoms with Gasteiger partial charge < -0.3 is 5.73 Å². The molecule has 0 aliphatic rings. The first-order valence-electron chi connectivity index (χ1n) is 6.78. The number of benzene rings is 1. The fraction of sp³-hybridized carbons (Fsp3) is 0.600. The monoisotopic (exact) mass is 315 g/mol. The summed E-state index contributed by atoms with van der Waals surface area (Å²) in [6.07, 6.45) is 5.36. The van der Waals surface area contributed by atoms with Crippen LogP contribution in [0.4, 0.5) is 4.39 Å². The van der Waals surface area contributed by atoms with Gasteiger partial charge >= 0.3 is 0 Å². The highest BCUT2D eigenvalue weighted by Crippen LogP contribution is 2.24. The van der Waals surface area contributed by atoms with Gasteiger partial charge in [-0.15, -0.1) is 0 Å². The van der Waals surface area contributed by atoms with Crippen molar-refractivity contribution in [2.45, 2.75) is 52.0 Å². The summed E-state index contributed by atoms with van der Waals surface area (Å²) in [6.45, 7) is 4.38. The van der Waals surface area contributed by atoms with E-state index in [9.17, 15) is 4.39 Å². The van der Waals surface area contributed by atoms with Gasteiger partial charge in [0.25, 0.3) is 0 Å². The Morgan fingerprint density at radius 1 is 1.22 bits per heavy atom. The van der Waals surface area contributed by atoms with Crippen molar-refractivity contribution < 1.29 is 4.39 Å². The maximum atomic E-state index is 13.2. The van der Waals surface area contributed by atoms with Crippen LogP contribution in [0, 0.1) is 11.7 Å². The normalized spacial score (nSPS) is 13.0. The first kappa shape index (κ1) is 15.6. The third kappa shape index (κ3) is 4.69. The molecule has 0 aromatic heterocycles. The predicted molar refractivity (Wildman–Crippen MR) is 79.1 cm³/mol. The molecule has 0 amide bonds. The standard InChI is InChI=1S/C15H23BrFN/c1-3-5-11(6-4-2)15(18)10-12-9-13(17)7-8-14(12)16/h7-9,11,15H,3-6,10,18H2,1-2H3. The maximum absolute atomic E-state index is 13.2. The van der Waals surface area contributed by atoms with Gasteiger partial charge in [-0.2, -0.15) is 0 Å².